The van der Waals surface area contributed by atoms with Gasteiger partial charge in [-0.05, 0) is 62.0 Å². The summed E-state index contributed by atoms with van der Waals surface area (Å²) in [6.45, 7) is 9.88. The molecule has 1 aromatic heterocycles. The van der Waals surface area contributed by atoms with Crippen LogP contribution in [0.25, 0.3) is 22.5 Å². The minimum Gasteiger partial charge on any atom is -0.862 e. The fraction of sp³-hybridized carbons (Fsp3) is 0.387. The molecule has 2 atom stereocenters. The Bertz CT molecular complexity index is 1520. The van der Waals surface area contributed by atoms with Gasteiger partial charge in [0.25, 0.3) is 0 Å². The van der Waals surface area contributed by atoms with Crippen molar-refractivity contribution in [1.29, 1.82) is 0 Å². The van der Waals surface area contributed by atoms with Crippen molar-refractivity contribution in [2.75, 3.05) is 0 Å². The van der Waals surface area contributed by atoms with Gasteiger partial charge in [-0.2, -0.15) is 4.98 Å². The van der Waals surface area contributed by atoms with Crippen LogP contribution in [-0.4, -0.2) is 32.5 Å². The molecule has 0 bridgehead atoms. The minimum atomic E-state index is -0.528. The van der Waals surface area contributed by atoms with E-state index in [4.69, 9.17) is 9.72 Å². The number of benzene rings is 2. The molecule has 2 unspecified atom stereocenters. The second kappa shape index (κ2) is 10.6. The molecule has 2 heterocycles. The van der Waals surface area contributed by atoms with Crippen LogP contribution in [0.15, 0.2) is 58.3 Å². The minimum absolute atomic E-state index is 0.0734. The third-order valence-corrected chi connectivity index (χ3v) is 7.68. The number of hydrogen-bond acceptors (Lipinski definition) is 7. The van der Waals surface area contributed by atoms with Gasteiger partial charge in [0.1, 0.15) is 11.7 Å². The maximum absolute atomic E-state index is 14.0. The van der Waals surface area contributed by atoms with E-state index in [-0.39, 0.29) is 47.6 Å². The summed E-state index contributed by atoms with van der Waals surface area (Å²) in [5.41, 5.74) is 3.00. The normalized spacial score (nSPS) is 23.1. The summed E-state index contributed by atoms with van der Waals surface area (Å²) in [7, 11) is 0. The van der Waals surface area contributed by atoms with Crippen LogP contribution in [0.5, 0.6) is 0 Å². The molecule has 1 aliphatic heterocycles. The number of ether oxygens (including phenoxy) is 1. The van der Waals surface area contributed by atoms with Crippen molar-refractivity contribution in [2.45, 2.75) is 60.1 Å². The highest BCUT2D eigenvalue weighted by atomic mass is 16.5. The van der Waals surface area contributed by atoms with Crippen molar-refractivity contribution < 1.29 is 14.6 Å². The van der Waals surface area contributed by atoms with Crippen molar-refractivity contribution in [3.63, 3.8) is 0 Å². The molecule has 1 aliphatic carbocycles. The zero-order valence-corrected chi connectivity index (χ0v) is 23.0. The first-order valence-electron chi connectivity index (χ1n) is 13.4. The number of carbonyl (C=O) groups is 1. The number of rotatable bonds is 5. The van der Waals surface area contributed by atoms with Crippen LogP contribution in [0.4, 0.5) is 5.69 Å². The number of fused-ring (bicyclic) bond motifs is 1. The first kappa shape index (κ1) is 26.5. The van der Waals surface area contributed by atoms with Crippen molar-refractivity contribution in [1.82, 2.24) is 14.5 Å². The Morgan fingerprint density at radius 1 is 1.03 bits per heavy atom. The molecule has 8 nitrogen and oxygen atoms in total. The van der Waals surface area contributed by atoms with Gasteiger partial charge in [0.2, 0.25) is 0 Å². The van der Waals surface area contributed by atoms with E-state index >= 15 is 0 Å². The van der Waals surface area contributed by atoms with Crippen molar-refractivity contribution in [3.8, 4) is 11.4 Å². The molecule has 39 heavy (non-hydrogen) atoms. The largest absolute Gasteiger partial charge is 0.862 e. The van der Waals surface area contributed by atoms with Gasteiger partial charge in [-0.15, -0.1) is 0 Å². The molecular formula is C31H33N4O4-. The number of aryl methyl sites for hydroxylation is 1. The molecule has 5 rings (SSSR count). The van der Waals surface area contributed by atoms with Crippen molar-refractivity contribution in [3.05, 3.63) is 76.0 Å². The first-order valence-corrected chi connectivity index (χ1v) is 13.4. The monoisotopic (exact) mass is 525 g/mol. The second-order valence-electron chi connectivity index (χ2n) is 11.0. The van der Waals surface area contributed by atoms with E-state index in [0.717, 1.165) is 18.4 Å². The molecule has 0 saturated heterocycles. The van der Waals surface area contributed by atoms with Gasteiger partial charge in [0.05, 0.1) is 12.2 Å². The topological polar surface area (TPSA) is 110 Å². The highest BCUT2D eigenvalue weighted by molar-refractivity contribution is 6.25. The van der Waals surface area contributed by atoms with Crippen LogP contribution < -0.4 is 10.8 Å². The summed E-state index contributed by atoms with van der Waals surface area (Å²) < 4.78 is 7.60. The molecule has 0 spiro atoms. The number of esters is 1. The molecule has 202 valence electrons. The quantitative estimate of drug-likeness (QED) is 0.274. The van der Waals surface area contributed by atoms with E-state index in [0.29, 0.717) is 28.3 Å². The van der Waals surface area contributed by atoms with Gasteiger partial charge in [0.15, 0.2) is 11.6 Å². The van der Waals surface area contributed by atoms with E-state index in [1.807, 2.05) is 37.3 Å². The van der Waals surface area contributed by atoms with E-state index < -0.39 is 11.7 Å². The molecule has 3 aromatic rings. The highest BCUT2D eigenvalue weighted by Gasteiger charge is 2.38. The third kappa shape index (κ3) is 5.28. The van der Waals surface area contributed by atoms with Gasteiger partial charge < -0.3 is 9.84 Å². The summed E-state index contributed by atoms with van der Waals surface area (Å²) in [6, 6.07) is 14.7. The van der Waals surface area contributed by atoms with E-state index in [2.05, 4.69) is 30.7 Å². The molecule has 0 amide bonds. The number of carbonyl (C=O) groups excluding carboxylic acids is 1. The lowest BCUT2D eigenvalue weighted by Crippen LogP contribution is -2.37. The molecule has 1 saturated carbocycles. The van der Waals surface area contributed by atoms with Crippen LogP contribution in [-0.2, 0) is 16.1 Å². The Hall–Kier alpha value is -4.07. The van der Waals surface area contributed by atoms with Crippen LogP contribution in [0.3, 0.4) is 0 Å². The molecule has 2 aromatic carbocycles. The molecule has 0 radical (unpaired) electrons. The SMILES string of the molecule is CC([O-])=Nc1ccccc1C1=C(C(=O)OC2C(C)CC(C)CC2C)c2nc(-c3ccc(C)cc3)nc(=O)n2C1. The summed E-state index contributed by atoms with van der Waals surface area (Å²) in [5, 5.41) is 11.9. The number of aliphatic imine (C=N–C) groups is 1. The first-order chi connectivity index (χ1) is 18.6. The molecular weight excluding hydrogens is 492 g/mol. The van der Waals surface area contributed by atoms with Crippen molar-refractivity contribution in [2.24, 2.45) is 22.7 Å². The maximum Gasteiger partial charge on any atom is 0.351 e. The number of aromatic nitrogens is 3. The summed E-state index contributed by atoms with van der Waals surface area (Å²) in [6.07, 6.45) is 1.70. The lowest BCUT2D eigenvalue weighted by Gasteiger charge is -2.37. The Morgan fingerprint density at radius 2 is 1.69 bits per heavy atom. The third-order valence-electron chi connectivity index (χ3n) is 7.68. The van der Waals surface area contributed by atoms with Gasteiger partial charge in [-0.25, -0.2) is 14.6 Å². The fourth-order valence-electron chi connectivity index (χ4n) is 6.00. The highest BCUT2D eigenvalue weighted by Crippen LogP contribution is 2.40. The van der Waals surface area contributed by atoms with E-state index in [1.54, 1.807) is 18.2 Å². The Balaban J connectivity index is 1.66. The molecule has 1 fully saturated rings. The van der Waals surface area contributed by atoms with Crippen LogP contribution in [0.1, 0.15) is 57.5 Å². The fourth-order valence-corrected chi connectivity index (χ4v) is 6.00. The number of hydrogen-bond donors (Lipinski definition) is 0. The van der Waals surface area contributed by atoms with Crippen LogP contribution in [0, 0.1) is 24.7 Å². The standard InChI is InChI=1S/C31H34N4O4/c1-17-10-12-22(13-11-17)28-33-29-26(30(37)39-27-19(3)14-18(2)15-20(27)4)24(16-35(29)31(38)34-28)23-8-6-7-9-25(23)32-21(5)36/h6-13,18-20,27H,14-16H2,1-5H3,(H,32,36)/p-1. The predicted octanol–water partition coefficient (Wildman–Crippen LogP) is 4.56. The molecule has 0 N–H and O–H groups in total. The van der Waals surface area contributed by atoms with E-state index in [9.17, 15) is 14.7 Å². The van der Waals surface area contributed by atoms with Gasteiger partial charge in [-0.1, -0.05) is 68.8 Å². The van der Waals surface area contributed by atoms with Gasteiger partial charge in [0, 0.05) is 11.1 Å². The maximum atomic E-state index is 14.0. The summed E-state index contributed by atoms with van der Waals surface area (Å²) >= 11 is 0. The smallest absolute Gasteiger partial charge is 0.351 e. The summed E-state index contributed by atoms with van der Waals surface area (Å²) in [5.74, 6) is 0.541. The zero-order chi connectivity index (χ0) is 27.8. The lowest BCUT2D eigenvalue weighted by molar-refractivity contribution is -0.215. The van der Waals surface area contributed by atoms with Gasteiger partial charge in [-0.3, -0.25) is 9.56 Å². The Morgan fingerprint density at radius 3 is 2.36 bits per heavy atom. The molecule has 8 heteroatoms. The van der Waals surface area contributed by atoms with Gasteiger partial charge >= 0.3 is 11.7 Å². The number of nitrogens with zero attached hydrogens (tertiary/aromatic N) is 4. The average molecular weight is 526 g/mol. The second-order valence-corrected chi connectivity index (χ2v) is 11.0. The average Bonchev–Trinajstić information content (AvgIpc) is 3.26. The van der Waals surface area contributed by atoms with Crippen LogP contribution in [0.2, 0.25) is 0 Å². The summed E-state index contributed by atoms with van der Waals surface area (Å²) in [4.78, 5) is 40.4. The number of allylic oxidation sites excluding steroid dienone is 1. The zero-order valence-electron chi connectivity index (χ0n) is 23.0. The lowest BCUT2D eigenvalue weighted by atomic mass is 9.75. The van der Waals surface area contributed by atoms with Crippen molar-refractivity contribution >= 4 is 28.7 Å². The van der Waals surface area contributed by atoms with Crippen LogP contribution >= 0.6 is 0 Å². The number of para-hydroxylation sites is 1. The van der Waals surface area contributed by atoms with E-state index in [1.165, 1.54) is 11.5 Å². The predicted molar refractivity (Wildman–Crippen MR) is 149 cm³/mol. The molecule has 2 aliphatic rings. The Labute approximate surface area is 228 Å². The Kier molecular flexibility index (Phi) is 7.21.